The molecule has 0 amide bonds. The van der Waals surface area contributed by atoms with Gasteiger partial charge in [-0.15, -0.1) is 0 Å². The number of benzene rings is 2. The topological polar surface area (TPSA) is 29.5 Å². The molecule has 106 valence electrons. The van der Waals surface area contributed by atoms with Gasteiger partial charge in [0.15, 0.2) is 11.6 Å². The number of rotatable bonds is 4. The van der Waals surface area contributed by atoms with E-state index in [1.807, 2.05) is 6.92 Å². The van der Waals surface area contributed by atoms with E-state index in [9.17, 15) is 18.3 Å². The third kappa shape index (κ3) is 2.93. The highest BCUT2D eigenvalue weighted by molar-refractivity contribution is 5.35. The number of hydrogen-bond donors (Lipinski definition) is 1. The molecule has 0 spiro atoms. The van der Waals surface area contributed by atoms with Crippen molar-refractivity contribution in [3.8, 4) is 5.75 Å². The molecule has 0 radical (unpaired) electrons. The van der Waals surface area contributed by atoms with Gasteiger partial charge in [0.1, 0.15) is 17.7 Å². The highest BCUT2D eigenvalue weighted by Crippen LogP contribution is 2.27. The molecule has 2 nitrogen and oxygen atoms in total. The second-order valence-corrected chi connectivity index (χ2v) is 4.19. The van der Waals surface area contributed by atoms with Gasteiger partial charge in [-0.1, -0.05) is 12.1 Å². The van der Waals surface area contributed by atoms with Crippen molar-refractivity contribution in [3.63, 3.8) is 0 Å². The first-order chi connectivity index (χ1) is 9.52. The molecular formula is C15H13F3O2. The van der Waals surface area contributed by atoms with Crippen molar-refractivity contribution in [2.24, 2.45) is 0 Å². The minimum absolute atomic E-state index is 0.312. The Morgan fingerprint density at radius 1 is 1.00 bits per heavy atom. The number of aliphatic hydroxyl groups is 1. The predicted molar refractivity (Wildman–Crippen MR) is 68.0 cm³/mol. The number of hydrogen-bond acceptors (Lipinski definition) is 2. The monoisotopic (exact) mass is 282 g/mol. The van der Waals surface area contributed by atoms with Crippen LogP contribution in [0, 0.1) is 17.5 Å². The van der Waals surface area contributed by atoms with Gasteiger partial charge in [0.2, 0.25) is 0 Å². The minimum atomic E-state index is -1.37. The highest BCUT2D eigenvalue weighted by Gasteiger charge is 2.18. The molecule has 0 aliphatic carbocycles. The van der Waals surface area contributed by atoms with Crippen molar-refractivity contribution in [1.82, 2.24) is 0 Å². The Morgan fingerprint density at radius 2 is 1.60 bits per heavy atom. The van der Waals surface area contributed by atoms with E-state index in [0.717, 1.165) is 0 Å². The fourth-order valence-corrected chi connectivity index (χ4v) is 1.84. The summed E-state index contributed by atoms with van der Waals surface area (Å²) in [4.78, 5) is 0. The molecule has 1 unspecified atom stereocenters. The first-order valence-corrected chi connectivity index (χ1v) is 6.08. The average Bonchev–Trinajstić information content (AvgIpc) is 2.43. The van der Waals surface area contributed by atoms with E-state index in [1.165, 1.54) is 12.1 Å². The maximum Gasteiger partial charge on any atom is 0.161 e. The van der Waals surface area contributed by atoms with Crippen LogP contribution in [0.1, 0.15) is 24.2 Å². The Morgan fingerprint density at radius 3 is 2.20 bits per heavy atom. The summed E-state index contributed by atoms with van der Waals surface area (Å²) in [7, 11) is 0. The second kappa shape index (κ2) is 5.96. The molecular weight excluding hydrogens is 269 g/mol. The van der Waals surface area contributed by atoms with Gasteiger partial charge in [-0.05, 0) is 30.7 Å². The summed E-state index contributed by atoms with van der Waals surface area (Å²) in [6.07, 6.45) is -1.37. The third-order valence-corrected chi connectivity index (χ3v) is 2.84. The fraction of sp³-hybridized carbons (Fsp3) is 0.200. The zero-order valence-corrected chi connectivity index (χ0v) is 10.7. The Labute approximate surface area is 114 Å². The molecule has 0 fully saturated rings. The van der Waals surface area contributed by atoms with Crippen LogP contribution in [0.2, 0.25) is 0 Å². The van der Waals surface area contributed by atoms with Crippen LogP contribution >= 0.6 is 0 Å². The van der Waals surface area contributed by atoms with Crippen LogP contribution in [-0.4, -0.2) is 11.7 Å². The van der Waals surface area contributed by atoms with Crippen molar-refractivity contribution < 1.29 is 23.0 Å². The van der Waals surface area contributed by atoms with E-state index < -0.39 is 23.6 Å². The van der Waals surface area contributed by atoms with Gasteiger partial charge >= 0.3 is 0 Å². The van der Waals surface area contributed by atoms with Gasteiger partial charge in [-0.3, -0.25) is 0 Å². The van der Waals surface area contributed by atoms with E-state index in [4.69, 9.17) is 4.74 Å². The molecule has 0 saturated carbocycles. The van der Waals surface area contributed by atoms with E-state index in [1.54, 1.807) is 12.1 Å². The molecule has 0 aromatic heterocycles. The number of aliphatic hydroxyl groups excluding tert-OH is 1. The quantitative estimate of drug-likeness (QED) is 0.868. The standard InChI is InChI=1S/C15H13F3O2/c1-2-20-10-5-3-9(4-6-10)15(19)11-7-13(17)14(18)8-12(11)16/h3-8,15,19H,2H2,1H3. The van der Waals surface area contributed by atoms with Crippen LogP contribution in [0.15, 0.2) is 36.4 Å². The van der Waals surface area contributed by atoms with Gasteiger partial charge < -0.3 is 9.84 Å². The molecule has 1 N–H and O–H groups in total. The largest absolute Gasteiger partial charge is 0.494 e. The zero-order valence-electron chi connectivity index (χ0n) is 10.7. The van der Waals surface area contributed by atoms with E-state index in [0.29, 0.717) is 30.1 Å². The molecule has 5 heteroatoms. The van der Waals surface area contributed by atoms with E-state index >= 15 is 0 Å². The normalized spacial score (nSPS) is 12.2. The predicted octanol–water partition coefficient (Wildman–Crippen LogP) is 3.58. The van der Waals surface area contributed by atoms with Crippen molar-refractivity contribution in [2.45, 2.75) is 13.0 Å². The Kier molecular flexibility index (Phi) is 4.29. The maximum atomic E-state index is 13.6. The molecule has 2 rings (SSSR count). The van der Waals surface area contributed by atoms with Gasteiger partial charge in [-0.2, -0.15) is 0 Å². The molecule has 1 atom stereocenters. The molecule has 0 heterocycles. The third-order valence-electron chi connectivity index (χ3n) is 2.84. The van der Waals surface area contributed by atoms with Gasteiger partial charge in [0, 0.05) is 11.6 Å². The lowest BCUT2D eigenvalue weighted by Gasteiger charge is -2.13. The summed E-state index contributed by atoms with van der Waals surface area (Å²) in [5, 5.41) is 10.0. The molecule has 0 aliphatic heterocycles. The Bertz CT molecular complexity index is 597. The molecule has 2 aromatic carbocycles. The summed E-state index contributed by atoms with van der Waals surface area (Å²) < 4.78 is 44.8. The summed E-state index contributed by atoms with van der Waals surface area (Å²) in [6.45, 7) is 2.33. The van der Waals surface area contributed by atoms with Crippen molar-refractivity contribution in [2.75, 3.05) is 6.61 Å². The molecule has 0 bridgehead atoms. The van der Waals surface area contributed by atoms with Gasteiger partial charge in [-0.25, -0.2) is 13.2 Å². The van der Waals surface area contributed by atoms with Crippen LogP contribution < -0.4 is 4.74 Å². The Balaban J connectivity index is 2.31. The first kappa shape index (κ1) is 14.4. The van der Waals surface area contributed by atoms with Crippen LogP contribution in [0.3, 0.4) is 0 Å². The minimum Gasteiger partial charge on any atom is -0.494 e. The van der Waals surface area contributed by atoms with Crippen LogP contribution in [0.4, 0.5) is 13.2 Å². The lowest BCUT2D eigenvalue weighted by atomic mass is 10.0. The number of halogens is 3. The van der Waals surface area contributed by atoms with Gasteiger partial charge in [0.25, 0.3) is 0 Å². The SMILES string of the molecule is CCOc1ccc(C(O)c2cc(F)c(F)cc2F)cc1. The maximum absolute atomic E-state index is 13.6. The molecule has 0 aliphatic rings. The number of ether oxygens (including phenoxy) is 1. The van der Waals surface area contributed by atoms with Crippen molar-refractivity contribution in [1.29, 1.82) is 0 Å². The summed E-state index contributed by atoms with van der Waals surface area (Å²) in [6, 6.07) is 7.38. The van der Waals surface area contributed by atoms with Crippen LogP contribution in [0.5, 0.6) is 5.75 Å². The summed E-state index contributed by atoms with van der Waals surface area (Å²) in [5.74, 6) is -2.88. The van der Waals surface area contributed by atoms with Crippen molar-refractivity contribution >= 4 is 0 Å². The lowest BCUT2D eigenvalue weighted by molar-refractivity contribution is 0.213. The van der Waals surface area contributed by atoms with Gasteiger partial charge in [0.05, 0.1) is 6.61 Å². The lowest BCUT2D eigenvalue weighted by Crippen LogP contribution is -2.04. The van der Waals surface area contributed by atoms with Crippen molar-refractivity contribution in [3.05, 3.63) is 65.0 Å². The first-order valence-electron chi connectivity index (χ1n) is 6.08. The second-order valence-electron chi connectivity index (χ2n) is 4.19. The summed E-state index contributed by atoms with van der Waals surface area (Å²) in [5.41, 5.74) is 0.0476. The summed E-state index contributed by atoms with van der Waals surface area (Å²) >= 11 is 0. The molecule has 2 aromatic rings. The van der Waals surface area contributed by atoms with Crippen LogP contribution in [0.25, 0.3) is 0 Å². The molecule has 0 saturated heterocycles. The average molecular weight is 282 g/mol. The molecule has 20 heavy (non-hydrogen) atoms. The van der Waals surface area contributed by atoms with Crippen LogP contribution in [-0.2, 0) is 0 Å². The smallest absolute Gasteiger partial charge is 0.161 e. The Hall–Kier alpha value is -2.01. The van der Waals surface area contributed by atoms with E-state index in [2.05, 4.69) is 0 Å². The van der Waals surface area contributed by atoms with E-state index in [-0.39, 0.29) is 5.56 Å². The highest BCUT2D eigenvalue weighted by atomic mass is 19.2. The fourth-order valence-electron chi connectivity index (χ4n) is 1.84. The zero-order chi connectivity index (χ0) is 14.7.